The highest BCUT2D eigenvalue weighted by molar-refractivity contribution is 5.76. The Morgan fingerprint density at radius 3 is 2.46 bits per heavy atom. The average Bonchev–Trinajstić information content (AvgIpc) is 3.09. The Hall–Kier alpha value is -3.02. The van der Waals surface area contributed by atoms with Gasteiger partial charge in [-0.1, -0.05) is 30.3 Å². The molecule has 0 saturated carbocycles. The van der Waals surface area contributed by atoms with Gasteiger partial charge in [-0.15, -0.1) is 0 Å². The molecule has 1 atom stereocenters. The highest BCUT2D eigenvalue weighted by Crippen LogP contribution is 2.36. The van der Waals surface area contributed by atoms with Crippen molar-refractivity contribution in [3.8, 4) is 0 Å². The fourth-order valence-corrected chi connectivity index (χ4v) is 3.96. The number of rotatable bonds is 5. The van der Waals surface area contributed by atoms with E-state index in [1.807, 2.05) is 36.4 Å². The van der Waals surface area contributed by atoms with Crippen molar-refractivity contribution in [1.29, 1.82) is 0 Å². The summed E-state index contributed by atoms with van der Waals surface area (Å²) < 4.78 is 3.37. The Kier molecular flexibility index (Phi) is 4.03. The predicted octanol–water partition coefficient (Wildman–Crippen LogP) is 2.51. The summed E-state index contributed by atoms with van der Waals surface area (Å²) in [5.74, 6) is -0.673. The SMILES string of the molecule is CN1CC(Cn2c(=O)n(CCC(=O)O)c3ccccc32)c2ccccc21. The lowest BCUT2D eigenvalue weighted by molar-refractivity contribution is -0.137. The van der Waals surface area contributed by atoms with E-state index < -0.39 is 5.97 Å². The number of fused-ring (bicyclic) bond motifs is 2. The van der Waals surface area contributed by atoms with Crippen molar-refractivity contribution in [2.45, 2.75) is 25.4 Å². The zero-order valence-corrected chi connectivity index (χ0v) is 14.6. The number of imidazole rings is 1. The molecule has 1 aliphatic rings. The zero-order chi connectivity index (χ0) is 18.3. The molecular formula is C20H21N3O3. The number of aromatic nitrogens is 2. The number of carboxylic acid groups (broad SMARTS) is 1. The van der Waals surface area contributed by atoms with Gasteiger partial charge in [0.15, 0.2) is 0 Å². The monoisotopic (exact) mass is 351 g/mol. The van der Waals surface area contributed by atoms with E-state index in [9.17, 15) is 9.59 Å². The Morgan fingerprint density at radius 1 is 1.08 bits per heavy atom. The minimum atomic E-state index is -0.903. The topological polar surface area (TPSA) is 67.5 Å². The maximum atomic E-state index is 13.0. The van der Waals surface area contributed by atoms with Crippen LogP contribution in [0.15, 0.2) is 53.3 Å². The molecule has 0 spiro atoms. The normalized spacial score (nSPS) is 16.2. The van der Waals surface area contributed by atoms with Gasteiger partial charge in [0.05, 0.1) is 17.5 Å². The third-order valence-corrected chi connectivity index (χ3v) is 5.16. The van der Waals surface area contributed by atoms with Crippen LogP contribution in [0.25, 0.3) is 11.0 Å². The minimum absolute atomic E-state index is 0.0666. The first-order valence-electron chi connectivity index (χ1n) is 8.76. The molecule has 6 heteroatoms. The van der Waals surface area contributed by atoms with Crippen LogP contribution >= 0.6 is 0 Å². The molecule has 1 N–H and O–H groups in total. The van der Waals surface area contributed by atoms with E-state index in [1.165, 1.54) is 11.3 Å². The van der Waals surface area contributed by atoms with Crippen LogP contribution in [0.1, 0.15) is 17.9 Å². The number of anilines is 1. The average molecular weight is 351 g/mol. The molecule has 0 aliphatic carbocycles. The number of para-hydroxylation sites is 3. The standard InChI is InChI=1S/C20H21N3O3/c1-21-12-14(15-6-2-3-7-16(15)21)13-23-18-9-5-4-8-17(18)22(20(23)26)11-10-19(24)25/h2-9,14H,10-13H2,1H3,(H,24,25). The van der Waals surface area contributed by atoms with E-state index >= 15 is 0 Å². The van der Waals surface area contributed by atoms with E-state index in [4.69, 9.17) is 5.11 Å². The number of likely N-dealkylation sites (N-methyl/N-ethyl adjacent to an activating group) is 1. The summed E-state index contributed by atoms with van der Waals surface area (Å²) in [6, 6.07) is 15.9. The molecule has 0 bridgehead atoms. The van der Waals surface area contributed by atoms with Crippen LogP contribution in [0.3, 0.4) is 0 Å². The lowest BCUT2D eigenvalue weighted by atomic mass is 10.0. The number of carbonyl (C=O) groups is 1. The smallest absolute Gasteiger partial charge is 0.329 e. The Labute approximate surface area is 150 Å². The third-order valence-electron chi connectivity index (χ3n) is 5.16. The quantitative estimate of drug-likeness (QED) is 0.767. The number of nitrogens with zero attached hydrogens (tertiary/aromatic N) is 3. The molecule has 3 aromatic rings. The van der Waals surface area contributed by atoms with E-state index in [1.54, 1.807) is 9.13 Å². The summed E-state index contributed by atoms with van der Waals surface area (Å²) in [6.45, 7) is 1.63. The van der Waals surface area contributed by atoms with Gasteiger partial charge < -0.3 is 10.0 Å². The Bertz CT molecular complexity index is 1030. The summed E-state index contributed by atoms with van der Waals surface area (Å²) >= 11 is 0. The first kappa shape index (κ1) is 16.4. The molecule has 2 aromatic carbocycles. The number of aliphatic carboxylic acids is 1. The highest BCUT2D eigenvalue weighted by atomic mass is 16.4. The first-order valence-corrected chi connectivity index (χ1v) is 8.76. The van der Waals surface area contributed by atoms with Crippen molar-refractivity contribution >= 4 is 22.7 Å². The molecule has 6 nitrogen and oxygen atoms in total. The van der Waals surface area contributed by atoms with Crippen molar-refractivity contribution in [2.24, 2.45) is 0 Å². The number of hydrogen-bond donors (Lipinski definition) is 1. The lowest BCUT2D eigenvalue weighted by Gasteiger charge is -2.13. The molecule has 26 heavy (non-hydrogen) atoms. The van der Waals surface area contributed by atoms with Gasteiger partial charge in [0.25, 0.3) is 0 Å². The van der Waals surface area contributed by atoms with E-state index in [-0.39, 0.29) is 24.6 Å². The van der Waals surface area contributed by atoms with Crippen LogP contribution in [0.5, 0.6) is 0 Å². The van der Waals surface area contributed by atoms with E-state index in [2.05, 4.69) is 24.1 Å². The van der Waals surface area contributed by atoms with Gasteiger partial charge in [0, 0.05) is 38.3 Å². The van der Waals surface area contributed by atoms with E-state index in [0.29, 0.717) is 6.54 Å². The second-order valence-corrected chi connectivity index (χ2v) is 6.81. The van der Waals surface area contributed by atoms with Crippen molar-refractivity contribution in [3.05, 3.63) is 64.6 Å². The van der Waals surface area contributed by atoms with Gasteiger partial charge in [-0.3, -0.25) is 13.9 Å². The van der Waals surface area contributed by atoms with Crippen molar-refractivity contribution in [3.63, 3.8) is 0 Å². The maximum absolute atomic E-state index is 13.0. The van der Waals surface area contributed by atoms with Crippen LogP contribution in [0.4, 0.5) is 5.69 Å². The fraction of sp³-hybridized carbons (Fsp3) is 0.300. The predicted molar refractivity (Wildman–Crippen MR) is 101 cm³/mol. The molecular weight excluding hydrogens is 330 g/mol. The number of carboxylic acids is 1. The van der Waals surface area contributed by atoms with Gasteiger partial charge in [0.2, 0.25) is 0 Å². The van der Waals surface area contributed by atoms with Gasteiger partial charge in [-0.2, -0.15) is 0 Å². The van der Waals surface area contributed by atoms with Crippen molar-refractivity contribution < 1.29 is 9.90 Å². The summed E-state index contributed by atoms with van der Waals surface area (Å²) in [5.41, 5.74) is 3.97. The first-order chi connectivity index (χ1) is 12.6. The third kappa shape index (κ3) is 2.67. The van der Waals surface area contributed by atoms with Gasteiger partial charge in [0.1, 0.15) is 0 Å². The molecule has 2 heterocycles. The summed E-state index contributed by atoms with van der Waals surface area (Å²) in [6.07, 6.45) is -0.0666. The minimum Gasteiger partial charge on any atom is -0.481 e. The molecule has 0 radical (unpaired) electrons. The maximum Gasteiger partial charge on any atom is 0.329 e. The van der Waals surface area contributed by atoms with Crippen molar-refractivity contribution in [1.82, 2.24) is 9.13 Å². The van der Waals surface area contributed by atoms with Crippen LogP contribution in [-0.4, -0.2) is 33.8 Å². The number of benzene rings is 2. The molecule has 1 unspecified atom stereocenters. The largest absolute Gasteiger partial charge is 0.481 e. The number of hydrogen-bond acceptors (Lipinski definition) is 3. The molecule has 4 rings (SSSR count). The molecule has 1 aliphatic heterocycles. The summed E-state index contributed by atoms with van der Waals surface area (Å²) in [4.78, 5) is 26.2. The Morgan fingerprint density at radius 2 is 1.73 bits per heavy atom. The summed E-state index contributed by atoms with van der Waals surface area (Å²) in [5, 5.41) is 8.99. The molecule has 0 amide bonds. The van der Waals surface area contributed by atoms with E-state index in [0.717, 1.165) is 17.6 Å². The van der Waals surface area contributed by atoms with Crippen LogP contribution in [0, 0.1) is 0 Å². The van der Waals surface area contributed by atoms with Crippen LogP contribution in [0.2, 0.25) is 0 Å². The van der Waals surface area contributed by atoms with Gasteiger partial charge in [-0.25, -0.2) is 4.79 Å². The van der Waals surface area contributed by atoms with Crippen LogP contribution < -0.4 is 10.6 Å². The molecule has 0 saturated heterocycles. The zero-order valence-electron chi connectivity index (χ0n) is 14.6. The summed E-state index contributed by atoms with van der Waals surface area (Å²) in [7, 11) is 2.07. The van der Waals surface area contributed by atoms with Crippen LogP contribution in [-0.2, 0) is 17.9 Å². The second-order valence-electron chi connectivity index (χ2n) is 6.81. The Balaban J connectivity index is 1.75. The highest BCUT2D eigenvalue weighted by Gasteiger charge is 2.27. The fourth-order valence-electron chi connectivity index (χ4n) is 3.96. The second kappa shape index (κ2) is 6.37. The van der Waals surface area contributed by atoms with Gasteiger partial charge in [-0.05, 0) is 23.8 Å². The molecule has 134 valence electrons. The number of aryl methyl sites for hydroxylation is 1. The molecule has 0 fully saturated rings. The molecule has 1 aromatic heterocycles. The van der Waals surface area contributed by atoms with Crippen molar-refractivity contribution in [2.75, 3.05) is 18.5 Å². The lowest BCUT2D eigenvalue weighted by Crippen LogP contribution is -2.28. The van der Waals surface area contributed by atoms with Gasteiger partial charge >= 0.3 is 11.7 Å².